The smallest absolute Gasteiger partial charge is 0.330 e. The molecule has 2 aliphatic rings. The molecule has 0 bridgehead atoms. The number of fused-ring (bicyclic) bond motifs is 1. The highest BCUT2D eigenvalue weighted by atomic mass is 31.2. The Morgan fingerprint density at radius 2 is 1.76 bits per heavy atom. The summed E-state index contributed by atoms with van der Waals surface area (Å²) in [6, 6.07) is 12.0. The van der Waals surface area contributed by atoms with Gasteiger partial charge in [0.05, 0.1) is 5.92 Å². The van der Waals surface area contributed by atoms with Crippen molar-refractivity contribution in [2.45, 2.75) is 71.5 Å². The van der Waals surface area contributed by atoms with Gasteiger partial charge in [0, 0.05) is 39.6 Å². The second-order valence-corrected chi connectivity index (χ2v) is 15.7. The number of halogens is 2. The van der Waals surface area contributed by atoms with Crippen molar-refractivity contribution >= 4 is 45.3 Å². The highest BCUT2D eigenvalue weighted by Gasteiger charge is 2.56. The van der Waals surface area contributed by atoms with Crippen molar-refractivity contribution in [2.75, 3.05) is 24.7 Å². The Labute approximate surface area is 270 Å². The van der Waals surface area contributed by atoms with Crippen LogP contribution in [0.1, 0.15) is 70.1 Å². The van der Waals surface area contributed by atoms with E-state index in [1.807, 2.05) is 45.0 Å². The largest absolute Gasteiger partial charge is 0.433 e. The molecule has 1 saturated heterocycles. The zero-order valence-electron chi connectivity index (χ0n) is 26.8. The molecule has 46 heavy (non-hydrogen) atoms. The molecule has 2 aliphatic heterocycles. The number of hydrogen-bond donors (Lipinski definition) is 1. The molecular weight excluding hydrogens is 636 g/mol. The van der Waals surface area contributed by atoms with Crippen LogP contribution in [0, 0.1) is 11.3 Å². The minimum atomic E-state index is -5.16. The maximum Gasteiger partial charge on any atom is 0.433 e. The number of likely N-dealkylation sites (tertiary alicyclic amines) is 1. The Hall–Kier alpha value is -2.81. The molecule has 2 aromatic rings. The SMILES string of the molecule is CPOP(=O)(OO)C(F)(F)c1ccc(/C(C)=C/C(=O)C[C@H](C(=O)N2CCCC2C(=O)N2CCCc3ccccc32)C(C)(C)C)cc1. The van der Waals surface area contributed by atoms with Gasteiger partial charge in [-0.15, -0.1) is 4.67 Å². The molecule has 13 heteroatoms. The van der Waals surface area contributed by atoms with Crippen LogP contribution in [-0.2, 0) is 40.0 Å². The molecule has 1 fully saturated rings. The number of rotatable bonds is 11. The molecule has 0 spiro atoms. The van der Waals surface area contributed by atoms with Gasteiger partial charge in [0.25, 0.3) is 0 Å². The van der Waals surface area contributed by atoms with Crippen LogP contribution >= 0.6 is 16.4 Å². The van der Waals surface area contributed by atoms with Crippen LogP contribution in [-0.4, -0.2) is 53.6 Å². The van der Waals surface area contributed by atoms with E-state index < -0.39 is 45.0 Å². The first-order valence-corrected chi connectivity index (χ1v) is 18.3. The highest BCUT2D eigenvalue weighted by molar-refractivity contribution is 7.60. The van der Waals surface area contributed by atoms with Gasteiger partial charge in [-0.25, -0.2) is 5.26 Å². The van der Waals surface area contributed by atoms with Gasteiger partial charge in [-0.05, 0) is 73.5 Å². The number of anilines is 1. The third-order valence-corrected chi connectivity index (χ3v) is 11.5. The second kappa shape index (κ2) is 14.5. The van der Waals surface area contributed by atoms with E-state index in [0.717, 1.165) is 36.2 Å². The Balaban J connectivity index is 1.50. The van der Waals surface area contributed by atoms with Gasteiger partial charge >= 0.3 is 13.3 Å². The van der Waals surface area contributed by atoms with E-state index >= 15 is 0 Å². The molecular formula is C33H42F2N2O7P2. The van der Waals surface area contributed by atoms with E-state index in [-0.39, 0.29) is 24.0 Å². The summed E-state index contributed by atoms with van der Waals surface area (Å²) in [5, 5.41) is 8.87. The van der Waals surface area contributed by atoms with Crippen molar-refractivity contribution in [3.63, 3.8) is 0 Å². The molecule has 0 aromatic heterocycles. The van der Waals surface area contributed by atoms with Gasteiger partial charge in [-0.3, -0.25) is 23.3 Å². The zero-order valence-corrected chi connectivity index (χ0v) is 28.7. The molecule has 1 N–H and O–H groups in total. The number of ketones is 1. The normalized spacial score (nSPS) is 19.7. The van der Waals surface area contributed by atoms with Crippen molar-refractivity contribution in [1.29, 1.82) is 0 Å². The number of hydrogen-bond acceptors (Lipinski definition) is 7. The Morgan fingerprint density at radius 3 is 2.39 bits per heavy atom. The summed E-state index contributed by atoms with van der Waals surface area (Å²) in [5.74, 6) is -1.34. The van der Waals surface area contributed by atoms with Crippen molar-refractivity contribution in [2.24, 2.45) is 11.3 Å². The van der Waals surface area contributed by atoms with E-state index in [2.05, 4.69) is 8.99 Å². The molecule has 2 heterocycles. The molecule has 0 saturated carbocycles. The van der Waals surface area contributed by atoms with Gasteiger partial charge in [0.15, 0.2) is 5.78 Å². The molecule has 0 aliphatic carbocycles. The van der Waals surface area contributed by atoms with Crippen molar-refractivity contribution in [3.8, 4) is 0 Å². The number of alkyl halides is 2. The minimum absolute atomic E-state index is 0.0913. The third-order valence-electron chi connectivity index (χ3n) is 8.67. The molecule has 4 rings (SSSR count). The monoisotopic (exact) mass is 678 g/mol. The summed E-state index contributed by atoms with van der Waals surface area (Å²) in [7, 11) is -5.78. The van der Waals surface area contributed by atoms with Gasteiger partial charge in [0.1, 0.15) is 6.04 Å². The lowest BCUT2D eigenvalue weighted by atomic mass is 9.76. The molecule has 2 aromatic carbocycles. The van der Waals surface area contributed by atoms with E-state index in [1.165, 1.54) is 24.9 Å². The predicted octanol–water partition coefficient (Wildman–Crippen LogP) is 7.65. The number of allylic oxidation sites excluding steroid dienone is 2. The topological polar surface area (TPSA) is 113 Å². The maximum absolute atomic E-state index is 14.8. The fourth-order valence-corrected chi connectivity index (χ4v) is 8.24. The number of carbonyl (C=O) groups excluding carboxylic acids is 3. The van der Waals surface area contributed by atoms with Crippen LogP contribution in [0.15, 0.2) is 54.6 Å². The lowest BCUT2D eigenvalue weighted by molar-refractivity contribution is -0.159. The summed E-state index contributed by atoms with van der Waals surface area (Å²) in [4.78, 5) is 44.7. The number of amides is 2. The molecule has 0 radical (unpaired) electrons. The second-order valence-electron chi connectivity index (χ2n) is 12.8. The van der Waals surface area contributed by atoms with Crippen molar-refractivity contribution < 1.29 is 42.0 Å². The molecule has 250 valence electrons. The molecule has 4 atom stereocenters. The highest BCUT2D eigenvalue weighted by Crippen LogP contribution is 2.68. The molecule has 2 amide bonds. The van der Waals surface area contributed by atoms with Gasteiger partial charge in [-0.1, -0.05) is 63.2 Å². The first-order chi connectivity index (χ1) is 21.6. The predicted molar refractivity (Wildman–Crippen MR) is 175 cm³/mol. The average Bonchev–Trinajstić information content (AvgIpc) is 3.52. The lowest BCUT2D eigenvalue weighted by Crippen LogP contribution is -2.52. The number of carbonyl (C=O) groups is 3. The lowest BCUT2D eigenvalue weighted by Gasteiger charge is -2.37. The zero-order chi connectivity index (χ0) is 33.9. The Morgan fingerprint density at radius 1 is 1.09 bits per heavy atom. The molecule has 9 nitrogen and oxygen atoms in total. The quantitative estimate of drug-likeness (QED) is 0.112. The number of benzene rings is 2. The van der Waals surface area contributed by atoms with Gasteiger partial charge in [0.2, 0.25) is 11.8 Å². The van der Waals surface area contributed by atoms with Gasteiger partial charge < -0.3 is 9.80 Å². The van der Waals surface area contributed by atoms with Crippen LogP contribution < -0.4 is 4.90 Å². The summed E-state index contributed by atoms with van der Waals surface area (Å²) in [6.07, 6.45) is 4.30. The summed E-state index contributed by atoms with van der Waals surface area (Å²) in [6.45, 7) is 9.73. The van der Waals surface area contributed by atoms with E-state index in [0.29, 0.717) is 37.1 Å². The van der Waals surface area contributed by atoms with E-state index in [4.69, 9.17) is 5.26 Å². The van der Waals surface area contributed by atoms with Crippen LogP contribution in [0.5, 0.6) is 0 Å². The van der Waals surface area contributed by atoms with Crippen LogP contribution in [0.3, 0.4) is 0 Å². The minimum Gasteiger partial charge on any atom is -0.330 e. The van der Waals surface area contributed by atoms with Gasteiger partial charge in [-0.2, -0.15) is 8.78 Å². The third kappa shape index (κ3) is 7.50. The van der Waals surface area contributed by atoms with Crippen molar-refractivity contribution in [3.05, 3.63) is 71.3 Å². The first kappa shape index (κ1) is 36.0. The Bertz CT molecular complexity index is 1520. The molecule has 3 unspecified atom stereocenters. The first-order valence-electron chi connectivity index (χ1n) is 15.3. The summed E-state index contributed by atoms with van der Waals surface area (Å²) in [5.41, 5.74) is -2.44. The van der Waals surface area contributed by atoms with Crippen LogP contribution in [0.4, 0.5) is 14.5 Å². The van der Waals surface area contributed by atoms with E-state index in [9.17, 15) is 27.7 Å². The van der Waals surface area contributed by atoms with Crippen LogP contribution in [0.25, 0.3) is 5.57 Å². The Kier molecular flexibility index (Phi) is 11.4. The fourth-order valence-electron chi connectivity index (χ4n) is 6.12. The fraction of sp³-hybridized carbons (Fsp3) is 0.485. The van der Waals surface area contributed by atoms with Crippen LogP contribution in [0.2, 0.25) is 0 Å². The number of nitrogens with zero attached hydrogens (tertiary/aromatic N) is 2. The number of aryl methyl sites for hydroxylation is 1. The summed E-state index contributed by atoms with van der Waals surface area (Å²) < 4.78 is 50.2. The maximum atomic E-state index is 14.8. The van der Waals surface area contributed by atoms with Crippen molar-refractivity contribution in [1.82, 2.24) is 4.90 Å². The summed E-state index contributed by atoms with van der Waals surface area (Å²) >= 11 is 0. The number of para-hydroxylation sites is 1. The van der Waals surface area contributed by atoms with E-state index in [1.54, 1.807) is 16.7 Å². The standard InChI is InChI=1S/C33H42F2N2O7P2/c1-22(23-14-16-25(17-15-23)33(34,35)46(42,43-41)44-45-5)20-26(38)21-27(32(2,3)4)30(39)37-19-9-13-29(37)31(40)36-18-8-11-24-10-6-7-12-28(24)36/h6-7,10,12,14-17,20,27,29,41,45H,8-9,11,13,18-19,21H2,1-5H3/b22-20+/t27-,29?,46?/m1/s1. The average molecular weight is 679 g/mol.